The molecule has 6 nitrogen and oxygen atoms in total. The Morgan fingerprint density at radius 3 is 2.76 bits per heavy atom. The molecule has 9 heteroatoms. The number of rotatable bonds is 2. The highest BCUT2D eigenvalue weighted by Crippen LogP contribution is 2.25. The smallest absolute Gasteiger partial charge is 0.262 e. The molecule has 0 saturated heterocycles. The highest BCUT2D eigenvalue weighted by molar-refractivity contribution is 7.71. The van der Waals surface area contributed by atoms with Crippen molar-refractivity contribution in [3.63, 3.8) is 0 Å². The summed E-state index contributed by atoms with van der Waals surface area (Å²) < 4.78 is 1.74. The predicted octanol–water partition coefficient (Wildman–Crippen LogP) is 4.10. The van der Waals surface area contributed by atoms with Gasteiger partial charge < -0.3 is 9.88 Å². The molecule has 1 aromatic carbocycles. The number of aromatic nitrogens is 3. The third-order valence-corrected chi connectivity index (χ3v) is 6.00. The van der Waals surface area contributed by atoms with E-state index in [1.54, 1.807) is 35.5 Å². The number of fused-ring (bicyclic) bond motifs is 1. The lowest BCUT2D eigenvalue weighted by Gasteiger charge is -2.29. The Labute approximate surface area is 181 Å². The fraction of sp³-hybridized carbons (Fsp3) is 0.200. The molecule has 3 heterocycles. The minimum atomic E-state index is -0.180. The molecular weight excluding hydrogens is 431 g/mol. The van der Waals surface area contributed by atoms with Crippen LogP contribution < -0.4 is 5.56 Å². The van der Waals surface area contributed by atoms with Crippen LogP contribution in [0.25, 0.3) is 5.69 Å². The first-order chi connectivity index (χ1) is 13.9. The number of halogens is 2. The van der Waals surface area contributed by atoms with Gasteiger partial charge in [0.15, 0.2) is 4.77 Å². The molecule has 0 radical (unpaired) electrons. The van der Waals surface area contributed by atoms with Gasteiger partial charge in [-0.05, 0) is 55.4 Å². The Hall–Kier alpha value is -2.48. The van der Waals surface area contributed by atoms with E-state index in [1.165, 1.54) is 4.57 Å². The van der Waals surface area contributed by atoms with Crippen LogP contribution in [0, 0.1) is 11.7 Å². The number of carbonyl (C=O) groups excluding carboxylic acids is 1. The maximum Gasteiger partial charge on any atom is 0.262 e. The fourth-order valence-electron chi connectivity index (χ4n) is 3.42. The van der Waals surface area contributed by atoms with Crippen molar-refractivity contribution >= 4 is 41.3 Å². The van der Waals surface area contributed by atoms with Gasteiger partial charge in [-0.15, -0.1) is 0 Å². The molecule has 4 rings (SSSR count). The summed E-state index contributed by atoms with van der Waals surface area (Å²) in [6.07, 6.45) is 3.71. The predicted molar refractivity (Wildman–Crippen MR) is 115 cm³/mol. The molecule has 1 aliphatic rings. The minimum absolute atomic E-state index is 0.179. The van der Waals surface area contributed by atoms with E-state index in [0.29, 0.717) is 45.5 Å². The second-order valence-electron chi connectivity index (χ2n) is 6.80. The monoisotopic (exact) mass is 446 g/mol. The Morgan fingerprint density at radius 2 is 2.03 bits per heavy atom. The number of carbonyl (C=O) groups is 1. The molecule has 0 unspecified atom stereocenters. The second kappa shape index (κ2) is 7.74. The van der Waals surface area contributed by atoms with Crippen LogP contribution in [0.3, 0.4) is 0 Å². The number of hydrogen-bond donors (Lipinski definition) is 1. The van der Waals surface area contributed by atoms with Gasteiger partial charge in [-0.1, -0.05) is 23.2 Å². The van der Waals surface area contributed by atoms with Crippen molar-refractivity contribution in [3.05, 3.63) is 84.2 Å². The molecule has 0 aliphatic carbocycles. The molecule has 0 bridgehead atoms. The molecule has 1 N–H and O–H groups in total. The van der Waals surface area contributed by atoms with Gasteiger partial charge in [-0.3, -0.25) is 19.1 Å². The first-order valence-electron chi connectivity index (χ1n) is 8.89. The van der Waals surface area contributed by atoms with E-state index >= 15 is 0 Å². The van der Waals surface area contributed by atoms with Crippen LogP contribution in [0.15, 0.2) is 41.5 Å². The Balaban J connectivity index is 1.70. The van der Waals surface area contributed by atoms with Gasteiger partial charge in [0.2, 0.25) is 0 Å². The van der Waals surface area contributed by atoms with Gasteiger partial charge in [0.05, 0.1) is 28.5 Å². The van der Waals surface area contributed by atoms with Crippen molar-refractivity contribution in [3.8, 4) is 5.69 Å². The molecule has 29 heavy (non-hydrogen) atoms. The molecule has 0 fully saturated rings. The summed E-state index contributed by atoms with van der Waals surface area (Å²) in [6.45, 7) is 2.58. The van der Waals surface area contributed by atoms with Crippen LogP contribution >= 0.6 is 35.4 Å². The number of aryl methyl sites for hydroxylation is 1. The van der Waals surface area contributed by atoms with E-state index in [2.05, 4.69) is 9.97 Å². The third kappa shape index (κ3) is 3.61. The second-order valence-corrected chi connectivity index (χ2v) is 8.00. The molecular formula is C20H16Cl2N4O2S. The zero-order valence-corrected chi connectivity index (χ0v) is 17.7. The SMILES string of the molecule is Cc1ccncc1-n1c(=S)[nH]c2c(c1=O)CCN(C(=O)c1ccc(Cl)c(Cl)c1)C2. The van der Waals surface area contributed by atoms with Crippen molar-refractivity contribution in [1.29, 1.82) is 0 Å². The highest BCUT2D eigenvalue weighted by Gasteiger charge is 2.26. The third-order valence-electron chi connectivity index (χ3n) is 4.97. The van der Waals surface area contributed by atoms with E-state index < -0.39 is 0 Å². The number of pyridine rings is 1. The van der Waals surface area contributed by atoms with Gasteiger partial charge in [-0.2, -0.15) is 0 Å². The molecule has 0 saturated carbocycles. The Kier molecular flexibility index (Phi) is 5.29. The molecule has 0 spiro atoms. The van der Waals surface area contributed by atoms with E-state index in [0.717, 1.165) is 5.56 Å². The lowest BCUT2D eigenvalue weighted by atomic mass is 10.0. The number of H-pyrrole nitrogens is 1. The molecule has 148 valence electrons. The average Bonchev–Trinajstić information content (AvgIpc) is 2.70. The number of aromatic amines is 1. The highest BCUT2D eigenvalue weighted by atomic mass is 35.5. The molecule has 0 atom stereocenters. The zero-order chi connectivity index (χ0) is 20.7. The van der Waals surface area contributed by atoms with Crippen LogP contribution in [0.2, 0.25) is 10.0 Å². The zero-order valence-electron chi connectivity index (χ0n) is 15.4. The molecule has 2 aromatic heterocycles. The van der Waals surface area contributed by atoms with Crippen molar-refractivity contribution in [2.24, 2.45) is 0 Å². The maximum absolute atomic E-state index is 13.1. The number of hydrogen-bond acceptors (Lipinski definition) is 4. The van der Waals surface area contributed by atoms with E-state index in [-0.39, 0.29) is 22.8 Å². The Bertz CT molecular complexity index is 1250. The number of benzene rings is 1. The van der Waals surface area contributed by atoms with Gasteiger partial charge in [-0.25, -0.2) is 0 Å². The van der Waals surface area contributed by atoms with Crippen molar-refractivity contribution < 1.29 is 4.79 Å². The number of nitrogens with one attached hydrogen (secondary N) is 1. The fourth-order valence-corrected chi connectivity index (χ4v) is 4.02. The van der Waals surface area contributed by atoms with Crippen LogP contribution in [-0.4, -0.2) is 31.9 Å². The summed E-state index contributed by atoms with van der Waals surface area (Å²) in [5.74, 6) is -0.180. The van der Waals surface area contributed by atoms with Gasteiger partial charge in [0.25, 0.3) is 11.5 Å². The molecule has 1 aliphatic heterocycles. The van der Waals surface area contributed by atoms with Gasteiger partial charge in [0.1, 0.15) is 0 Å². The molecule has 3 aromatic rings. The van der Waals surface area contributed by atoms with E-state index in [4.69, 9.17) is 35.4 Å². The Morgan fingerprint density at radius 1 is 1.24 bits per heavy atom. The lowest BCUT2D eigenvalue weighted by Crippen LogP contribution is -2.40. The van der Waals surface area contributed by atoms with Crippen LogP contribution in [0.5, 0.6) is 0 Å². The van der Waals surface area contributed by atoms with Gasteiger partial charge >= 0.3 is 0 Å². The van der Waals surface area contributed by atoms with Crippen LogP contribution in [0.4, 0.5) is 0 Å². The number of amides is 1. The summed E-state index contributed by atoms with van der Waals surface area (Å²) in [6, 6.07) is 6.61. The molecule has 1 amide bonds. The minimum Gasteiger partial charge on any atom is -0.333 e. The normalized spacial score (nSPS) is 13.3. The van der Waals surface area contributed by atoms with Crippen molar-refractivity contribution in [2.45, 2.75) is 19.9 Å². The van der Waals surface area contributed by atoms with Crippen LogP contribution in [0.1, 0.15) is 27.2 Å². The maximum atomic E-state index is 13.1. The summed E-state index contributed by atoms with van der Waals surface area (Å²) >= 11 is 17.4. The first kappa shape index (κ1) is 19.8. The van der Waals surface area contributed by atoms with Crippen molar-refractivity contribution in [1.82, 2.24) is 19.4 Å². The largest absolute Gasteiger partial charge is 0.333 e. The number of nitrogens with zero attached hydrogens (tertiary/aromatic N) is 3. The van der Waals surface area contributed by atoms with E-state index in [9.17, 15) is 9.59 Å². The standard InChI is InChI=1S/C20H16Cl2N4O2S/c1-11-4-6-23-9-17(11)26-19(28)13-5-7-25(10-16(13)24-20(26)29)18(27)12-2-3-14(21)15(22)8-12/h2-4,6,8-9H,5,7,10H2,1H3,(H,24,29). The van der Waals surface area contributed by atoms with Crippen molar-refractivity contribution in [2.75, 3.05) is 6.54 Å². The summed E-state index contributed by atoms with van der Waals surface area (Å²) in [5, 5.41) is 0.714. The summed E-state index contributed by atoms with van der Waals surface area (Å²) in [5.41, 5.74) is 3.09. The van der Waals surface area contributed by atoms with Gasteiger partial charge in [0, 0.05) is 29.6 Å². The van der Waals surface area contributed by atoms with E-state index in [1.807, 2.05) is 13.0 Å². The topological polar surface area (TPSA) is 71.0 Å². The lowest BCUT2D eigenvalue weighted by molar-refractivity contribution is 0.0731. The average molecular weight is 447 g/mol. The first-order valence-corrected chi connectivity index (χ1v) is 10.1. The summed E-state index contributed by atoms with van der Waals surface area (Å²) in [7, 11) is 0. The quantitative estimate of drug-likeness (QED) is 0.601. The van der Waals surface area contributed by atoms with Crippen LogP contribution in [-0.2, 0) is 13.0 Å². The summed E-state index contributed by atoms with van der Waals surface area (Å²) in [4.78, 5) is 34.9.